The average Bonchev–Trinajstić information content (AvgIpc) is 3.10. The summed E-state index contributed by atoms with van der Waals surface area (Å²) in [4.78, 5) is 12.9. The van der Waals surface area contributed by atoms with Crippen LogP contribution in [0.4, 0.5) is 0 Å². The molecule has 3 fully saturated rings. The van der Waals surface area contributed by atoms with Crippen LogP contribution < -0.4 is 5.32 Å². The third kappa shape index (κ3) is 2.73. The monoisotopic (exact) mass is 367 g/mol. The van der Waals surface area contributed by atoms with Gasteiger partial charge in [0.25, 0.3) is 5.91 Å². The topological polar surface area (TPSA) is 53.8 Å². The van der Waals surface area contributed by atoms with Crippen LogP contribution in [0.1, 0.15) is 51.2 Å². The molecule has 5 heteroatoms. The smallest absolute Gasteiger partial charge is 0.264 e. The van der Waals surface area contributed by atoms with Gasteiger partial charge in [-0.25, -0.2) is 0 Å². The fourth-order valence-electron chi connectivity index (χ4n) is 4.57. The summed E-state index contributed by atoms with van der Waals surface area (Å²) in [6, 6.07) is 8.11. The van der Waals surface area contributed by atoms with Gasteiger partial charge >= 0.3 is 0 Å². The van der Waals surface area contributed by atoms with Crippen LogP contribution in [0.15, 0.2) is 39.4 Å². The number of nitrogens with one attached hydrogen (secondary N) is 1. The minimum atomic E-state index is -0.102. The Kier molecular flexibility index (Phi) is 4.10. The van der Waals surface area contributed by atoms with Gasteiger partial charge in [-0.3, -0.25) is 10.1 Å². The third-order valence-corrected chi connectivity index (χ3v) is 7.66. The Morgan fingerprint density at radius 2 is 2.08 bits per heavy atom. The van der Waals surface area contributed by atoms with Crippen LogP contribution >= 0.6 is 11.8 Å². The number of benzene rings is 1. The Morgan fingerprint density at radius 3 is 2.73 bits per heavy atom. The van der Waals surface area contributed by atoms with E-state index in [1.165, 1.54) is 35.9 Å². The molecule has 2 atom stereocenters. The summed E-state index contributed by atoms with van der Waals surface area (Å²) in [6.07, 6.45) is 5.41. The Balaban J connectivity index is 1.55. The van der Waals surface area contributed by atoms with E-state index in [4.69, 9.17) is 0 Å². The van der Waals surface area contributed by atoms with Gasteiger partial charge in [-0.2, -0.15) is 5.10 Å². The molecule has 1 amide bonds. The van der Waals surface area contributed by atoms with Gasteiger partial charge < -0.3 is 0 Å². The fraction of sp³-hybridized carbons (Fsp3) is 0.476. The number of thioether (sulfide) groups is 1. The molecule has 2 saturated carbocycles. The minimum absolute atomic E-state index is 0.102. The van der Waals surface area contributed by atoms with Gasteiger partial charge in [0.15, 0.2) is 5.17 Å². The molecule has 1 aliphatic heterocycles. The van der Waals surface area contributed by atoms with E-state index in [1.807, 2.05) is 31.2 Å². The van der Waals surface area contributed by atoms with Crippen molar-refractivity contribution in [2.45, 2.75) is 47.0 Å². The predicted molar refractivity (Wildman–Crippen MR) is 109 cm³/mol. The first-order valence-corrected chi connectivity index (χ1v) is 10.0. The molecule has 1 N–H and O–H groups in total. The number of aryl methyl sites for hydroxylation is 1. The Morgan fingerprint density at radius 1 is 1.27 bits per heavy atom. The van der Waals surface area contributed by atoms with Crippen LogP contribution in [0.25, 0.3) is 6.08 Å². The molecule has 1 saturated heterocycles. The summed E-state index contributed by atoms with van der Waals surface area (Å²) in [6.45, 7) is 9.08. The second kappa shape index (κ2) is 6.08. The zero-order valence-electron chi connectivity index (χ0n) is 15.8. The summed E-state index contributed by atoms with van der Waals surface area (Å²) in [5.41, 5.74) is 3.81. The molecular formula is C21H25N3OS. The molecule has 1 aromatic carbocycles. The summed E-state index contributed by atoms with van der Waals surface area (Å²) in [5.74, 6) is 0.601. The van der Waals surface area contributed by atoms with E-state index in [9.17, 15) is 4.79 Å². The molecule has 0 spiro atoms. The Bertz CT molecular complexity index is 868. The number of hydrogen-bond acceptors (Lipinski definition) is 4. The van der Waals surface area contributed by atoms with Crippen molar-refractivity contribution in [2.24, 2.45) is 27.0 Å². The highest BCUT2D eigenvalue weighted by molar-refractivity contribution is 8.18. The Labute approximate surface area is 159 Å². The molecule has 1 heterocycles. The molecule has 0 unspecified atom stereocenters. The molecule has 2 bridgehead atoms. The van der Waals surface area contributed by atoms with Crippen molar-refractivity contribution < 1.29 is 4.79 Å². The molecule has 4 nitrogen and oxygen atoms in total. The first kappa shape index (κ1) is 17.5. The largest absolute Gasteiger partial charge is 0.299 e. The number of carbonyl (C=O) groups is 1. The van der Waals surface area contributed by atoms with Gasteiger partial charge in [-0.15, -0.1) is 5.10 Å². The molecule has 26 heavy (non-hydrogen) atoms. The standard InChI is InChI=1S/C21H25N3OS/c1-13-6-5-7-14(10-13)11-16-18(25)22-19(26-16)24-23-17-12-15-8-9-21(17,4)20(15,2)3/h5-7,10-11,15H,8-9,12H2,1-4H3,(H,22,24,25)/b16-11+,23-17-/t15-,21+/m1/s1. The van der Waals surface area contributed by atoms with Crippen molar-refractivity contribution in [1.82, 2.24) is 5.32 Å². The van der Waals surface area contributed by atoms with E-state index < -0.39 is 0 Å². The average molecular weight is 368 g/mol. The molecule has 0 aromatic heterocycles. The zero-order chi connectivity index (χ0) is 18.5. The number of nitrogens with zero attached hydrogens (tertiary/aromatic N) is 2. The lowest BCUT2D eigenvalue weighted by Crippen LogP contribution is -2.32. The molecule has 3 aliphatic rings. The molecule has 0 radical (unpaired) electrons. The molecular weight excluding hydrogens is 342 g/mol. The van der Waals surface area contributed by atoms with Crippen molar-refractivity contribution in [3.63, 3.8) is 0 Å². The van der Waals surface area contributed by atoms with Crippen molar-refractivity contribution in [3.05, 3.63) is 40.3 Å². The fourth-order valence-corrected chi connectivity index (χ4v) is 5.34. The minimum Gasteiger partial charge on any atom is -0.299 e. The first-order chi connectivity index (χ1) is 12.3. The number of amidine groups is 1. The van der Waals surface area contributed by atoms with E-state index >= 15 is 0 Å². The first-order valence-electron chi connectivity index (χ1n) is 9.22. The molecule has 2 aliphatic carbocycles. The summed E-state index contributed by atoms with van der Waals surface area (Å²) in [5, 5.41) is 12.4. The highest BCUT2D eigenvalue weighted by Crippen LogP contribution is 2.64. The maximum absolute atomic E-state index is 12.2. The lowest BCUT2D eigenvalue weighted by Gasteiger charge is -2.34. The SMILES string of the molecule is Cc1cccc(/C=C2/S/C(=N/N=C3/C[C@H]4CC[C@]3(C)C4(C)C)NC2=O)c1. The lowest BCUT2D eigenvalue weighted by atomic mass is 9.70. The predicted octanol–water partition coefficient (Wildman–Crippen LogP) is 4.76. The molecule has 4 rings (SSSR count). The number of carbonyl (C=O) groups excluding carboxylic acids is 1. The van der Waals surface area contributed by atoms with E-state index in [-0.39, 0.29) is 16.7 Å². The summed E-state index contributed by atoms with van der Waals surface area (Å²) >= 11 is 1.37. The van der Waals surface area contributed by atoms with Gasteiger partial charge in [-0.1, -0.05) is 50.6 Å². The van der Waals surface area contributed by atoms with Gasteiger partial charge in [0.2, 0.25) is 0 Å². The van der Waals surface area contributed by atoms with E-state index in [0.717, 1.165) is 12.0 Å². The lowest BCUT2D eigenvalue weighted by molar-refractivity contribution is -0.115. The van der Waals surface area contributed by atoms with Crippen molar-refractivity contribution in [1.29, 1.82) is 0 Å². The highest BCUT2D eigenvalue weighted by Gasteiger charge is 2.60. The maximum Gasteiger partial charge on any atom is 0.264 e. The molecule has 136 valence electrons. The van der Waals surface area contributed by atoms with Gasteiger partial charge in [0.1, 0.15) is 0 Å². The maximum atomic E-state index is 12.2. The Hall–Kier alpha value is -1.88. The number of amides is 1. The van der Waals surface area contributed by atoms with E-state index in [1.54, 1.807) is 0 Å². The summed E-state index contributed by atoms with van der Waals surface area (Å²) < 4.78 is 0. The van der Waals surface area contributed by atoms with E-state index in [0.29, 0.717) is 16.0 Å². The normalized spacial score (nSPS) is 34.2. The van der Waals surface area contributed by atoms with Crippen molar-refractivity contribution >= 4 is 34.6 Å². The van der Waals surface area contributed by atoms with Crippen LogP contribution in [0.3, 0.4) is 0 Å². The van der Waals surface area contributed by atoms with Crippen LogP contribution in [0.5, 0.6) is 0 Å². The van der Waals surface area contributed by atoms with Crippen molar-refractivity contribution in [3.8, 4) is 0 Å². The van der Waals surface area contributed by atoms with Crippen molar-refractivity contribution in [2.75, 3.05) is 0 Å². The van der Waals surface area contributed by atoms with Gasteiger partial charge in [0, 0.05) is 11.1 Å². The van der Waals surface area contributed by atoms with Crippen LogP contribution in [0, 0.1) is 23.7 Å². The number of fused-ring (bicyclic) bond motifs is 2. The quantitative estimate of drug-likeness (QED) is 0.605. The van der Waals surface area contributed by atoms with Gasteiger partial charge in [-0.05, 0) is 60.9 Å². The highest BCUT2D eigenvalue weighted by atomic mass is 32.2. The second-order valence-electron chi connectivity index (χ2n) is 8.42. The molecule has 1 aromatic rings. The van der Waals surface area contributed by atoms with Crippen LogP contribution in [-0.2, 0) is 4.79 Å². The third-order valence-electron chi connectivity index (χ3n) is 6.76. The van der Waals surface area contributed by atoms with Crippen LogP contribution in [0.2, 0.25) is 0 Å². The number of rotatable bonds is 2. The zero-order valence-corrected chi connectivity index (χ0v) is 16.6. The number of hydrogen-bond donors (Lipinski definition) is 1. The van der Waals surface area contributed by atoms with Crippen LogP contribution in [-0.4, -0.2) is 16.8 Å². The van der Waals surface area contributed by atoms with Gasteiger partial charge in [0.05, 0.1) is 4.91 Å². The second-order valence-corrected chi connectivity index (χ2v) is 9.45. The van der Waals surface area contributed by atoms with E-state index in [2.05, 4.69) is 42.4 Å². The summed E-state index contributed by atoms with van der Waals surface area (Å²) in [7, 11) is 0.